The standard InChI is InChI=1S/C20H24O5/c1-21-18-11-7-12-19(22-2)20(18)23-13-6-5-8-15-14-24-16-9-3-4-10-17(16)25-15/h3-4,7,9-12,15H,5-6,8,13-14H2,1-2H3. The van der Waals surface area contributed by atoms with Crippen LogP contribution in [0.4, 0.5) is 0 Å². The largest absolute Gasteiger partial charge is 0.493 e. The predicted molar refractivity (Wildman–Crippen MR) is 95.2 cm³/mol. The smallest absolute Gasteiger partial charge is 0.203 e. The van der Waals surface area contributed by atoms with Crippen LogP contribution >= 0.6 is 0 Å². The zero-order valence-electron chi connectivity index (χ0n) is 14.7. The molecule has 1 aliphatic heterocycles. The van der Waals surface area contributed by atoms with Crippen LogP contribution in [0.2, 0.25) is 0 Å². The van der Waals surface area contributed by atoms with Crippen molar-refractivity contribution in [2.24, 2.45) is 0 Å². The predicted octanol–water partition coefficient (Wildman–Crippen LogP) is 4.09. The minimum absolute atomic E-state index is 0.0932. The van der Waals surface area contributed by atoms with E-state index in [4.69, 9.17) is 23.7 Å². The minimum atomic E-state index is 0.0932. The average molecular weight is 344 g/mol. The van der Waals surface area contributed by atoms with E-state index in [1.165, 1.54) is 0 Å². The van der Waals surface area contributed by atoms with Gasteiger partial charge in [-0.15, -0.1) is 0 Å². The molecule has 2 aromatic carbocycles. The second kappa shape index (κ2) is 8.51. The molecule has 0 aliphatic carbocycles. The Labute approximate surface area is 148 Å². The molecule has 134 valence electrons. The average Bonchev–Trinajstić information content (AvgIpc) is 2.67. The van der Waals surface area contributed by atoms with Crippen molar-refractivity contribution in [2.45, 2.75) is 25.4 Å². The normalized spacial score (nSPS) is 15.5. The summed E-state index contributed by atoms with van der Waals surface area (Å²) in [5.74, 6) is 3.66. The number of fused-ring (bicyclic) bond motifs is 1. The third kappa shape index (κ3) is 4.29. The van der Waals surface area contributed by atoms with Gasteiger partial charge in [-0.25, -0.2) is 0 Å². The molecular weight excluding hydrogens is 320 g/mol. The molecule has 0 radical (unpaired) electrons. The van der Waals surface area contributed by atoms with Crippen LogP contribution in [0, 0.1) is 0 Å². The van der Waals surface area contributed by atoms with E-state index in [1.54, 1.807) is 14.2 Å². The Morgan fingerprint density at radius 1 is 0.920 bits per heavy atom. The molecule has 1 aliphatic rings. The second-order valence-corrected chi connectivity index (χ2v) is 5.83. The van der Waals surface area contributed by atoms with E-state index >= 15 is 0 Å². The Kier molecular flexibility index (Phi) is 5.88. The van der Waals surface area contributed by atoms with E-state index in [0.29, 0.717) is 30.5 Å². The zero-order valence-corrected chi connectivity index (χ0v) is 14.7. The molecule has 1 unspecified atom stereocenters. The van der Waals surface area contributed by atoms with Crippen LogP contribution in [-0.2, 0) is 0 Å². The van der Waals surface area contributed by atoms with Crippen molar-refractivity contribution in [1.82, 2.24) is 0 Å². The maximum atomic E-state index is 5.96. The van der Waals surface area contributed by atoms with Crippen molar-refractivity contribution in [3.8, 4) is 28.7 Å². The monoisotopic (exact) mass is 344 g/mol. The van der Waals surface area contributed by atoms with Crippen LogP contribution in [0.15, 0.2) is 42.5 Å². The van der Waals surface area contributed by atoms with Crippen molar-refractivity contribution in [2.75, 3.05) is 27.4 Å². The molecule has 0 bridgehead atoms. The van der Waals surface area contributed by atoms with Gasteiger partial charge in [0, 0.05) is 0 Å². The lowest BCUT2D eigenvalue weighted by atomic mass is 10.1. The first kappa shape index (κ1) is 17.3. The van der Waals surface area contributed by atoms with E-state index in [1.807, 2.05) is 42.5 Å². The first-order valence-electron chi connectivity index (χ1n) is 8.54. The third-order valence-electron chi connectivity index (χ3n) is 4.12. The number of rotatable bonds is 8. The van der Waals surface area contributed by atoms with Crippen LogP contribution in [0.5, 0.6) is 28.7 Å². The first-order chi connectivity index (χ1) is 12.3. The fraction of sp³-hybridized carbons (Fsp3) is 0.400. The summed E-state index contributed by atoms with van der Waals surface area (Å²) in [6.07, 6.45) is 2.94. The quantitative estimate of drug-likeness (QED) is 0.675. The van der Waals surface area contributed by atoms with Gasteiger partial charge in [-0.05, 0) is 43.5 Å². The van der Waals surface area contributed by atoms with Crippen LogP contribution in [-0.4, -0.2) is 33.5 Å². The summed E-state index contributed by atoms with van der Waals surface area (Å²) >= 11 is 0. The molecule has 0 saturated carbocycles. The van der Waals surface area contributed by atoms with Crippen LogP contribution in [0.1, 0.15) is 19.3 Å². The molecule has 2 aromatic rings. The molecule has 25 heavy (non-hydrogen) atoms. The lowest BCUT2D eigenvalue weighted by Gasteiger charge is -2.26. The Balaban J connectivity index is 1.43. The third-order valence-corrected chi connectivity index (χ3v) is 4.12. The van der Waals surface area contributed by atoms with E-state index in [0.717, 1.165) is 30.8 Å². The molecule has 5 heteroatoms. The molecular formula is C20H24O5. The van der Waals surface area contributed by atoms with Crippen molar-refractivity contribution in [3.63, 3.8) is 0 Å². The molecule has 0 saturated heterocycles. The van der Waals surface area contributed by atoms with Gasteiger partial charge >= 0.3 is 0 Å². The molecule has 5 nitrogen and oxygen atoms in total. The van der Waals surface area contributed by atoms with E-state index < -0.39 is 0 Å². The molecule has 1 atom stereocenters. The first-order valence-corrected chi connectivity index (χ1v) is 8.54. The van der Waals surface area contributed by atoms with Gasteiger partial charge in [0.2, 0.25) is 5.75 Å². The summed E-state index contributed by atoms with van der Waals surface area (Å²) in [7, 11) is 3.25. The molecule has 0 amide bonds. The molecule has 1 heterocycles. The molecule has 3 rings (SSSR count). The Morgan fingerprint density at radius 3 is 2.36 bits per heavy atom. The van der Waals surface area contributed by atoms with Crippen LogP contribution in [0.25, 0.3) is 0 Å². The van der Waals surface area contributed by atoms with Gasteiger partial charge in [0.25, 0.3) is 0 Å². The topological polar surface area (TPSA) is 46.2 Å². The number of hydrogen-bond acceptors (Lipinski definition) is 5. The van der Waals surface area contributed by atoms with Gasteiger partial charge in [0.15, 0.2) is 23.0 Å². The fourth-order valence-corrected chi connectivity index (χ4v) is 2.81. The summed E-state index contributed by atoms with van der Waals surface area (Å²) in [6, 6.07) is 13.4. The van der Waals surface area contributed by atoms with Gasteiger partial charge in [0.1, 0.15) is 12.7 Å². The summed E-state index contributed by atoms with van der Waals surface area (Å²) in [5.41, 5.74) is 0. The summed E-state index contributed by atoms with van der Waals surface area (Å²) in [6.45, 7) is 1.19. The van der Waals surface area contributed by atoms with E-state index in [9.17, 15) is 0 Å². The highest BCUT2D eigenvalue weighted by Crippen LogP contribution is 2.37. The molecule has 0 aromatic heterocycles. The Morgan fingerprint density at radius 2 is 1.64 bits per heavy atom. The highest BCUT2D eigenvalue weighted by Gasteiger charge is 2.20. The number of para-hydroxylation sites is 3. The Hall–Kier alpha value is -2.56. The highest BCUT2D eigenvalue weighted by molar-refractivity contribution is 5.51. The zero-order chi connectivity index (χ0) is 17.5. The van der Waals surface area contributed by atoms with Crippen molar-refractivity contribution >= 4 is 0 Å². The summed E-state index contributed by atoms with van der Waals surface area (Å²) in [5, 5.41) is 0. The SMILES string of the molecule is COc1cccc(OC)c1OCCCCC1COc2ccccc2O1. The van der Waals surface area contributed by atoms with Crippen LogP contribution < -0.4 is 23.7 Å². The van der Waals surface area contributed by atoms with E-state index in [-0.39, 0.29) is 6.10 Å². The number of benzene rings is 2. The molecule has 0 spiro atoms. The van der Waals surface area contributed by atoms with E-state index in [2.05, 4.69) is 0 Å². The number of ether oxygens (including phenoxy) is 5. The minimum Gasteiger partial charge on any atom is -0.493 e. The molecule has 0 N–H and O–H groups in total. The maximum absolute atomic E-state index is 5.96. The van der Waals surface area contributed by atoms with Crippen molar-refractivity contribution in [3.05, 3.63) is 42.5 Å². The fourth-order valence-electron chi connectivity index (χ4n) is 2.81. The Bertz CT molecular complexity index is 663. The number of hydrogen-bond donors (Lipinski definition) is 0. The van der Waals surface area contributed by atoms with Crippen LogP contribution in [0.3, 0.4) is 0 Å². The number of unbranched alkanes of at least 4 members (excludes halogenated alkanes) is 1. The van der Waals surface area contributed by atoms with Gasteiger partial charge in [-0.1, -0.05) is 18.2 Å². The lowest BCUT2D eigenvalue weighted by Crippen LogP contribution is -2.29. The van der Waals surface area contributed by atoms with Crippen molar-refractivity contribution < 1.29 is 23.7 Å². The van der Waals surface area contributed by atoms with Gasteiger partial charge in [0.05, 0.1) is 20.8 Å². The van der Waals surface area contributed by atoms with Gasteiger partial charge in [-0.2, -0.15) is 0 Å². The lowest BCUT2D eigenvalue weighted by molar-refractivity contribution is 0.0819. The van der Waals surface area contributed by atoms with Gasteiger partial charge < -0.3 is 23.7 Å². The summed E-state index contributed by atoms with van der Waals surface area (Å²) in [4.78, 5) is 0. The molecule has 0 fully saturated rings. The maximum Gasteiger partial charge on any atom is 0.203 e. The summed E-state index contributed by atoms with van der Waals surface area (Å²) < 4.78 is 28.2. The second-order valence-electron chi connectivity index (χ2n) is 5.83. The van der Waals surface area contributed by atoms with Crippen molar-refractivity contribution in [1.29, 1.82) is 0 Å². The van der Waals surface area contributed by atoms with Gasteiger partial charge in [-0.3, -0.25) is 0 Å². The number of methoxy groups -OCH3 is 2. The highest BCUT2D eigenvalue weighted by atomic mass is 16.6.